The van der Waals surface area contributed by atoms with Gasteiger partial charge in [0.15, 0.2) is 0 Å². The molecule has 0 saturated carbocycles. The van der Waals surface area contributed by atoms with E-state index in [9.17, 15) is 14.0 Å². The molecule has 1 N–H and O–H groups in total. The van der Waals surface area contributed by atoms with E-state index in [-0.39, 0.29) is 16.3 Å². The van der Waals surface area contributed by atoms with E-state index in [0.29, 0.717) is 0 Å². The van der Waals surface area contributed by atoms with Crippen molar-refractivity contribution in [1.82, 2.24) is 0 Å². The average Bonchev–Trinajstić information content (AvgIpc) is 2.27. The van der Waals surface area contributed by atoms with Crippen LogP contribution in [0.2, 0.25) is 0 Å². The molecule has 0 unspecified atom stereocenters. The molecule has 1 heterocycles. The summed E-state index contributed by atoms with van der Waals surface area (Å²) in [5, 5.41) is 8.95. The molecule has 0 spiro atoms. The molecule has 1 aromatic carbocycles. The van der Waals surface area contributed by atoms with E-state index >= 15 is 0 Å². The summed E-state index contributed by atoms with van der Waals surface area (Å²) in [4.78, 5) is 22.5. The van der Waals surface area contributed by atoms with Gasteiger partial charge < -0.3 is 14.3 Å². The fraction of sp³-hybridized carbons (Fsp3) is 0.0909. The summed E-state index contributed by atoms with van der Waals surface area (Å²) in [6.45, 7) is 0. The summed E-state index contributed by atoms with van der Waals surface area (Å²) >= 11 is 0. The van der Waals surface area contributed by atoms with Gasteiger partial charge in [-0.05, 0) is 18.2 Å². The third-order valence-electron chi connectivity index (χ3n) is 2.26. The van der Waals surface area contributed by atoms with Crippen molar-refractivity contribution in [3.05, 3.63) is 40.0 Å². The minimum Gasteiger partial charge on any atom is -0.477 e. The zero-order valence-corrected chi connectivity index (χ0v) is 8.69. The highest BCUT2D eigenvalue weighted by Crippen LogP contribution is 2.25. The molecule has 0 fully saturated rings. The monoisotopic (exact) mass is 238 g/mol. The summed E-state index contributed by atoms with van der Waals surface area (Å²) in [5.41, 5.74) is -1.15. The number of hydrogen-bond acceptors (Lipinski definition) is 4. The molecular formula is C11H7FO5. The number of carboxylic acids is 1. The van der Waals surface area contributed by atoms with Gasteiger partial charge >= 0.3 is 17.5 Å². The van der Waals surface area contributed by atoms with Crippen molar-refractivity contribution in [1.29, 1.82) is 0 Å². The van der Waals surface area contributed by atoms with Crippen LogP contribution >= 0.6 is 0 Å². The fourth-order valence-corrected chi connectivity index (χ4v) is 1.55. The number of benzene rings is 1. The lowest BCUT2D eigenvalue weighted by Gasteiger charge is -2.05. The molecule has 6 heteroatoms. The maximum Gasteiger partial charge on any atom is 0.346 e. The summed E-state index contributed by atoms with van der Waals surface area (Å²) in [7, 11) is 1.16. The molecule has 0 saturated heterocycles. The quantitative estimate of drug-likeness (QED) is 0.860. The largest absolute Gasteiger partial charge is 0.477 e. The number of carboxylic acid groups (broad SMARTS) is 1. The zero-order valence-electron chi connectivity index (χ0n) is 8.69. The second-order valence-corrected chi connectivity index (χ2v) is 3.25. The van der Waals surface area contributed by atoms with Crippen LogP contribution in [0.3, 0.4) is 0 Å². The summed E-state index contributed by atoms with van der Waals surface area (Å²) in [6.07, 6.45) is 0. The fourth-order valence-electron chi connectivity index (χ4n) is 1.55. The van der Waals surface area contributed by atoms with Gasteiger partial charge in [-0.15, -0.1) is 0 Å². The van der Waals surface area contributed by atoms with Gasteiger partial charge in [-0.2, -0.15) is 0 Å². The second-order valence-electron chi connectivity index (χ2n) is 3.25. The topological polar surface area (TPSA) is 76.7 Å². The average molecular weight is 238 g/mol. The van der Waals surface area contributed by atoms with E-state index in [4.69, 9.17) is 9.52 Å². The Morgan fingerprint density at radius 2 is 2.12 bits per heavy atom. The van der Waals surface area contributed by atoms with Crippen LogP contribution in [0, 0.1) is 5.82 Å². The molecule has 0 aliphatic heterocycles. The molecule has 2 aromatic rings. The van der Waals surface area contributed by atoms with Crippen molar-refractivity contribution >= 4 is 16.7 Å². The van der Waals surface area contributed by atoms with Crippen molar-refractivity contribution in [2.45, 2.75) is 0 Å². The molecule has 0 atom stereocenters. The van der Waals surface area contributed by atoms with Crippen LogP contribution in [0.5, 0.6) is 5.95 Å². The number of aromatic carboxylic acids is 1. The lowest BCUT2D eigenvalue weighted by molar-refractivity contribution is 0.0689. The lowest BCUT2D eigenvalue weighted by Crippen LogP contribution is -2.09. The highest BCUT2D eigenvalue weighted by molar-refractivity contribution is 6.04. The van der Waals surface area contributed by atoms with E-state index in [0.717, 1.165) is 19.2 Å². The van der Waals surface area contributed by atoms with Crippen LogP contribution in [-0.4, -0.2) is 18.2 Å². The van der Waals surface area contributed by atoms with Gasteiger partial charge in [-0.3, -0.25) is 0 Å². The van der Waals surface area contributed by atoms with Crippen LogP contribution in [0.25, 0.3) is 10.8 Å². The van der Waals surface area contributed by atoms with Crippen LogP contribution in [0.15, 0.2) is 27.4 Å². The first-order valence-electron chi connectivity index (χ1n) is 4.58. The standard InChI is InChI=1S/C11H7FO5/c1-16-11-8(9(13)14)7-4-5(12)2-3-6(7)10(15)17-11/h2-4H,1H3,(H,13,14). The van der Waals surface area contributed by atoms with Crippen molar-refractivity contribution in [2.24, 2.45) is 0 Å². The smallest absolute Gasteiger partial charge is 0.346 e. The Morgan fingerprint density at radius 1 is 1.41 bits per heavy atom. The van der Waals surface area contributed by atoms with Gasteiger partial charge in [0.25, 0.3) is 0 Å². The maximum atomic E-state index is 13.1. The third-order valence-corrected chi connectivity index (χ3v) is 2.26. The Morgan fingerprint density at radius 3 is 2.71 bits per heavy atom. The van der Waals surface area contributed by atoms with E-state index in [1.165, 1.54) is 6.07 Å². The Hall–Kier alpha value is -2.37. The number of ether oxygens (including phenoxy) is 1. The minimum atomic E-state index is -1.36. The highest BCUT2D eigenvalue weighted by atomic mass is 19.1. The minimum absolute atomic E-state index is 0.00963. The van der Waals surface area contributed by atoms with Crippen LogP contribution in [0.4, 0.5) is 4.39 Å². The van der Waals surface area contributed by atoms with E-state index < -0.39 is 23.4 Å². The Balaban J connectivity index is 3.00. The van der Waals surface area contributed by atoms with E-state index in [1.54, 1.807) is 0 Å². The summed E-state index contributed by atoms with van der Waals surface area (Å²) in [5.74, 6) is -2.45. The molecule has 0 radical (unpaired) electrons. The molecule has 0 aliphatic rings. The highest BCUT2D eigenvalue weighted by Gasteiger charge is 2.20. The van der Waals surface area contributed by atoms with Crippen molar-refractivity contribution < 1.29 is 23.4 Å². The molecule has 5 nitrogen and oxygen atoms in total. The van der Waals surface area contributed by atoms with E-state index in [1.807, 2.05) is 0 Å². The van der Waals surface area contributed by atoms with Gasteiger partial charge in [0.2, 0.25) is 0 Å². The Labute approximate surface area is 94.0 Å². The molecule has 1 aromatic heterocycles. The van der Waals surface area contributed by atoms with Gasteiger partial charge in [-0.25, -0.2) is 14.0 Å². The van der Waals surface area contributed by atoms with Crippen molar-refractivity contribution in [2.75, 3.05) is 7.11 Å². The molecule has 2 rings (SSSR count). The summed E-state index contributed by atoms with van der Waals surface area (Å²) in [6, 6.07) is 3.18. The van der Waals surface area contributed by atoms with Crippen LogP contribution < -0.4 is 10.4 Å². The first kappa shape index (κ1) is 11.1. The second kappa shape index (κ2) is 3.89. The summed E-state index contributed by atoms with van der Waals surface area (Å²) < 4.78 is 22.4. The van der Waals surface area contributed by atoms with Crippen molar-refractivity contribution in [3.63, 3.8) is 0 Å². The van der Waals surface area contributed by atoms with E-state index in [2.05, 4.69) is 4.74 Å². The normalized spacial score (nSPS) is 10.5. The predicted molar refractivity (Wildman–Crippen MR) is 56.0 cm³/mol. The van der Waals surface area contributed by atoms with Gasteiger partial charge in [0.05, 0.1) is 12.5 Å². The number of methoxy groups -OCH3 is 1. The number of halogens is 1. The lowest BCUT2D eigenvalue weighted by atomic mass is 10.1. The number of rotatable bonds is 2. The molecule has 0 aliphatic carbocycles. The Bertz CT molecular complexity index is 659. The van der Waals surface area contributed by atoms with Crippen molar-refractivity contribution in [3.8, 4) is 5.95 Å². The molecule has 0 amide bonds. The molecule has 17 heavy (non-hydrogen) atoms. The number of hydrogen-bond donors (Lipinski definition) is 1. The van der Waals surface area contributed by atoms with Crippen LogP contribution in [0.1, 0.15) is 10.4 Å². The van der Waals surface area contributed by atoms with Crippen LogP contribution in [-0.2, 0) is 0 Å². The first-order chi connectivity index (χ1) is 8.04. The zero-order chi connectivity index (χ0) is 12.6. The SMILES string of the molecule is COc1oc(=O)c2ccc(F)cc2c1C(=O)O. The third kappa shape index (κ3) is 1.73. The van der Waals surface area contributed by atoms with Gasteiger partial charge in [0.1, 0.15) is 11.4 Å². The van der Waals surface area contributed by atoms with Gasteiger partial charge in [0, 0.05) is 5.39 Å². The first-order valence-corrected chi connectivity index (χ1v) is 4.58. The molecule has 88 valence electrons. The van der Waals surface area contributed by atoms with Gasteiger partial charge in [-0.1, -0.05) is 0 Å². The molecular weight excluding hydrogens is 231 g/mol. The number of fused-ring (bicyclic) bond motifs is 1. The Kier molecular flexibility index (Phi) is 2.55. The number of carbonyl (C=O) groups is 1. The molecule has 0 bridgehead atoms. The maximum absolute atomic E-state index is 13.1. The predicted octanol–water partition coefficient (Wildman–Crippen LogP) is 1.64.